The first kappa shape index (κ1) is 17.5. The predicted octanol–water partition coefficient (Wildman–Crippen LogP) is 2.27. The minimum Gasteiger partial charge on any atom is -0.352 e. The van der Waals surface area contributed by atoms with Crippen LogP contribution in [0.3, 0.4) is 0 Å². The number of hydrogen-bond donors (Lipinski definition) is 1. The van der Waals surface area contributed by atoms with Crippen LogP contribution in [0.2, 0.25) is 0 Å². The maximum atomic E-state index is 13.4. The Bertz CT molecular complexity index is 532. The van der Waals surface area contributed by atoms with Gasteiger partial charge in [0.1, 0.15) is 5.82 Å². The van der Waals surface area contributed by atoms with Gasteiger partial charge in [0, 0.05) is 13.2 Å². The van der Waals surface area contributed by atoms with E-state index in [0.29, 0.717) is 13.2 Å². The minimum absolute atomic E-state index is 0.0400. The molecule has 0 spiro atoms. The van der Waals surface area contributed by atoms with Gasteiger partial charge in [-0.3, -0.25) is 0 Å². The molecule has 0 saturated carbocycles. The topological polar surface area (TPSA) is 64.6 Å². The molecule has 0 aliphatic carbocycles. The van der Waals surface area contributed by atoms with E-state index in [9.17, 15) is 12.8 Å². The highest BCUT2D eigenvalue weighted by Gasteiger charge is 2.18. The summed E-state index contributed by atoms with van der Waals surface area (Å²) in [5.41, 5.74) is 0. The van der Waals surface area contributed by atoms with Crippen LogP contribution in [0.5, 0.6) is 0 Å². The molecule has 0 radical (unpaired) electrons. The van der Waals surface area contributed by atoms with Crippen LogP contribution in [-0.4, -0.2) is 34.5 Å². The molecule has 0 atom stereocenters. The highest BCUT2D eigenvalue weighted by Crippen LogP contribution is 2.19. The number of ether oxygens (including phenoxy) is 2. The lowest BCUT2D eigenvalue weighted by Crippen LogP contribution is -2.35. The van der Waals surface area contributed by atoms with E-state index in [-0.39, 0.29) is 15.9 Å². The summed E-state index contributed by atoms with van der Waals surface area (Å²) in [7, 11) is -3.80. The van der Waals surface area contributed by atoms with Crippen molar-refractivity contribution in [2.24, 2.45) is 0 Å². The molecule has 0 amide bonds. The molecule has 0 heterocycles. The van der Waals surface area contributed by atoms with Gasteiger partial charge in [0.2, 0.25) is 10.0 Å². The van der Waals surface area contributed by atoms with Gasteiger partial charge in [-0.15, -0.1) is 0 Å². The van der Waals surface area contributed by atoms with Crippen molar-refractivity contribution in [1.82, 2.24) is 4.72 Å². The Balaban J connectivity index is 2.75. The zero-order valence-corrected chi connectivity index (χ0v) is 13.6. The van der Waals surface area contributed by atoms with Crippen molar-refractivity contribution in [3.8, 4) is 0 Å². The average Bonchev–Trinajstić information content (AvgIpc) is 2.39. The van der Waals surface area contributed by atoms with Gasteiger partial charge in [-0.05, 0) is 48.0 Å². The third kappa shape index (κ3) is 5.10. The van der Waals surface area contributed by atoms with Crippen molar-refractivity contribution in [2.75, 3.05) is 19.8 Å². The fourth-order valence-electron chi connectivity index (χ4n) is 1.44. The zero-order valence-electron chi connectivity index (χ0n) is 11.2. The summed E-state index contributed by atoms with van der Waals surface area (Å²) in [6.07, 6.45) is -0.667. The molecule has 0 fully saturated rings. The van der Waals surface area contributed by atoms with Gasteiger partial charge < -0.3 is 9.47 Å². The number of rotatable bonds is 8. The van der Waals surface area contributed by atoms with Gasteiger partial charge in [-0.1, -0.05) is 0 Å². The molecule has 5 nitrogen and oxygen atoms in total. The molecule has 20 heavy (non-hydrogen) atoms. The molecule has 8 heteroatoms. The van der Waals surface area contributed by atoms with Crippen molar-refractivity contribution in [3.05, 3.63) is 28.5 Å². The Morgan fingerprint density at radius 2 is 1.90 bits per heavy atom. The Morgan fingerprint density at radius 1 is 1.30 bits per heavy atom. The fraction of sp³-hybridized carbons (Fsp3) is 0.500. The standard InChI is InChI=1S/C12H17BrFNO4S/c1-3-18-12(19-4-2)8-15-20(16,17)9-5-6-10(13)11(14)7-9/h5-7,12,15H,3-4,8H2,1-2H3. The third-order valence-electron chi connectivity index (χ3n) is 2.35. The number of benzene rings is 1. The van der Waals surface area contributed by atoms with E-state index < -0.39 is 22.1 Å². The van der Waals surface area contributed by atoms with Crippen LogP contribution in [0.15, 0.2) is 27.6 Å². The molecule has 0 aliphatic rings. The normalized spacial score (nSPS) is 12.1. The van der Waals surface area contributed by atoms with E-state index in [1.165, 1.54) is 12.1 Å². The molecular weight excluding hydrogens is 353 g/mol. The molecule has 0 aliphatic heterocycles. The van der Waals surface area contributed by atoms with Crippen molar-refractivity contribution < 1.29 is 22.3 Å². The first-order valence-electron chi connectivity index (χ1n) is 6.08. The summed E-state index contributed by atoms with van der Waals surface area (Å²) in [5, 5.41) is 0. The largest absolute Gasteiger partial charge is 0.352 e. The maximum Gasteiger partial charge on any atom is 0.240 e. The second kappa shape index (κ2) is 8.04. The van der Waals surface area contributed by atoms with Crippen LogP contribution >= 0.6 is 15.9 Å². The smallest absolute Gasteiger partial charge is 0.240 e. The second-order valence-corrected chi connectivity index (χ2v) is 6.39. The van der Waals surface area contributed by atoms with Crippen LogP contribution in [0.4, 0.5) is 4.39 Å². The second-order valence-electron chi connectivity index (χ2n) is 3.77. The van der Waals surface area contributed by atoms with Gasteiger partial charge in [0.05, 0.1) is 15.9 Å². The van der Waals surface area contributed by atoms with Crippen molar-refractivity contribution in [1.29, 1.82) is 0 Å². The average molecular weight is 370 g/mol. The first-order valence-corrected chi connectivity index (χ1v) is 8.36. The fourth-order valence-corrected chi connectivity index (χ4v) is 2.72. The molecular formula is C12H17BrFNO4S. The van der Waals surface area contributed by atoms with Gasteiger partial charge in [-0.25, -0.2) is 17.5 Å². The van der Waals surface area contributed by atoms with Gasteiger partial charge in [0.15, 0.2) is 6.29 Å². The Morgan fingerprint density at radius 3 is 2.40 bits per heavy atom. The molecule has 1 N–H and O–H groups in total. The van der Waals surface area contributed by atoms with Gasteiger partial charge in [-0.2, -0.15) is 0 Å². The summed E-state index contributed by atoms with van der Waals surface area (Å²) in [4.78, 5) is -0.148. The van der Waals surface area contributed by atoms with Crippen LogP contribution < -0.4 is 4.72 Å². The quantitative estimate of drug-likeness (QED) is 0.713. The van der Waals surface area contributed by atoms with E-state index in [0.717, 1.165) is 6.07 Å². The number of hydrogen-bond acceptors (Lipinski definition) is 4. The maximum absolute atomic E-state index is 13.4. The summed E-state index contributed by atoms with van der Waals surface area (Å²) in [6, 6.07) is 3.60. The zero-order chi connectivity index (χ0) is 15.2. The number of nitrogens with one attached hydrogen (secondary N) is 1. The van der Waals surface area contributed by atoms with Crippen LogP contribution in [0, 0.1) is 5.82 Å². The van der Waals surface area contributed by atoms with Crippen LogP contribution in [0.1, 0.15) is 13.8 Å². The lowest BCUT2D eigenvalue weighted by Gasteiger charge is -2.17. The molecule has 1 rings (SSSR count). The van der Waals surface area contributed by atoms with Crippen LogP contribution in [-0.2, 0) is 19.5 Å². The molecule has 1 aromatic carbocycles. The molecule has 114 valence electrons. The Labute approximate surface area is 126 Å². The summed E-state index contributed by atoms with van der Waals surface area (Å²) in [5.74, 6) is -0.640. The van der Waals surface area contributed by atoms with E-state index in [2.05, 4.69) is 20.7 Å². The SMILES string of the molecule is CCOC(CNS(=O)(=O)c1ccc(Br)c(F)c1)OCC. The van der Waals surface area contributed by atoms with Crippen molar-refractivity contribution >= 4 is 26.0 Å². The molecule has 0 aromatic heterocycles. The van der Waals surface area contributed by atoms with Gasteiger partial charge >= 0.3 is 0 Å². The van der Waals surface area contributed by atoms with E-state index in [1.54, 1.807) is 13.8 Å². The summed E-state index contributed by atoms with van der Waals surface area (Å²) >= 11 is 2.97. The lowest BCUT2D eigenvalue weighted by molar-refractivity contribution is -0.130. The Hall–Kier alpha value is -0.540. The minimum atomic E-state index is -3.80. The monoisotopic (exact) mass is 369 g/mol. The van der Waals surface area contributed by atoms with Crippen molar-refractivity contribution in [2.45, 2.75) is 25.0 Å². The van der Waals surface area contributed by atoms with E-state index in [4.69, 9.17) is 9.47 Å². The predicted molar refractivity (Wildman–Crippen MR) is 76.3 cm³/mol. The summed E-state index contributed by atoms with van der Waals surface area (Å²) in [6.45, 7) is 4.33. The summed E-state index contributed by atoms with van der Waals surface area (Å²) < 4.78 is 50.4. The highest BCUT2D eigenvalue weighted by atomic mass is 79.9. The molecule has 1 aromatic rings. The van der Waals surface area contributed by atoms with E-state index in [1.807, 2.05) is 0 Å². The number of sulfonamides is 1. The lowest BCUT2D eigenvalue weighted by atomic mass is 10.3. The molecule has 0 bridgehead atoms. The molecule has 0 saturated heterocycles. The first-order chi connectivity index (χ1) is 9.40. The van der Waals surface area contributed by atoms with E-state index >= 15 is 0 Å². The number of halogens is 2. The molecule has 0 unspecified atom stereocenters. The van der Waals surface area contributed by atoms with Crippen LogP contribution in [0.25, 0.3) is 0 Å². The van der Waals surface area contributed by atoms with Crippen molar-refractivity contribution in [3.63, 3.8) is 0 Å². The highest BCUT2D eigenvalue weighted by molar-refractivity contribution is 9.10. The Kier molecular flexibility index (Phi) is 7.04. The van der Waals surface area contributed by atoms with Gasteiger partial charge in [0.25, 0.3) is 0 Å². The third-order valence-corrected chi connectivity index (χ3v) is 4.41.